The molecule has 0 heterocycles. The Labute approximate surface area is 118 Å². The van der Waals surface area contributed by atoms with Crippen LogP contribution in [0.15, 0.2) is 53.4 Å². The SMILES string of the molecule is O=C(Sc1ccc(Cl)cc1)c1ccccc1[N+](=O)[O-]. The highest BCUT2D eigenvalue weighted by atomic mass is 35.5. The largest absolute Gasteiger partial charge is 0.281 e. The molecule has 0 N–H and O–H groups in total. The number of nitro groups is 1. The van der Waals surface area contributed by atoms with E-state index in [9.17, 15) is 14.9 Å². The molecule has 0 aromatic heterocycles. The molecule has 2 aromatic carbocycles. The van der Waals surface area contributed by atoms with Crippen molar-refractivity contribution in [1.29, 1.82) is 0 Å². The first-order valence-electron chi connectivity index (χ1n) is 5.29. The van der Waals surface area contributed by atoms with E-state index in [2.05, 4.69) is 0 Å². The van der Waals surface area contributed by atoms with Crippen molar-refractivity contribution in [2.45, 2.75) is 4.90 Å². The number of halogens is 1. The summed E-state index contributed by atoms with van der Waals surface area (Å²) >= 11 is 6.68. The summed E-state index contributed by atoms with van der Waals surface area (Å²) < 4.78 is 0. The van der Waals surface area contributed by atoms with E-state index in [0.29, 0.717) is 9.92 Å². The third-order valence-corrected chi connectivity index (χ3v) is 3.51. The van der Waals surface area contributed by atoms with Gasteiger partial charge in [-0.2, -0.15) is 0 Å². The minimum Gasteiger partial charge on any atom is -0.281 e. The highest BCUT2D eigenvalue weighted by Crippen LogP contribution is 2.28. The molecule has 0 saturated heterocycles. The van der Waals surface area contributed by atoms with Crippen LogP contribution in [0.3, 0.4) is 0 Å². The molecule has 4 nitrogen and oxygen atoms in total. The number of hydrogen-bond donors (Lipinski definition) is 0. The van der Waals surface area contributed by atoms with Gasteiger partial charge in [-0.25, -0.2) is 0 Å². The van der Waals surface area contributed by atoms with Gasteiger partial charge in [-0.15, -0.1) is 0 Å². The highest BCUT2D eigenvalue weighted by molar-refractivity contribution is 8.14. The van der Waals surface area contributed by atoms with E-state index >= 15 is 0 Å². The van der Waals surface area contributed by atoms with Crippen molar-refractivity contribution in [1.82, 2.24) is 0 Å². The molecule has 0 unspecified atom stereocenters. The van der Waals surface area contributed by atoms with Crippen LogP contribution in [0.25, 0.3) is 0 Å². The summed E-state index contributed by atoms with van der Waals surface area (Å²) in [5, 5.41) is 11.1. The summed E-state index contributed by atoms with van der Waals surface area (Å²) in [4.78, 5) is 23.0. The van der Waals surface area contributed by atoms with Crippen LogP contribution in [0.2, 0.25) is 5.02 Å². The Bertz CT molecular complexity index is 628. The first kappa shape index (κ1) is 13.6. The monoisotopic (exact) mass is 293 g/mol. The van der Waals surface area contributed by atoms with Crippen molar-refractivity contribution in [3.8, 4) is 0 Å². The van der Waals surface area contributed by atoms with E-state index in [1.54, 1.807) is 30.3 Å². The van der Waals surface area contributed by atoms with Gasteiger partial charge in [-0.3, -0.25) is 14.9 Å². The highest BCUT2D eigenvalue weighted by Gasteiger charge is 2.19. The Balaban J connectivity index is 2.25. The van der Waals surface area contributed by atoms with E-state index < -0.39 is 4.92 Å². The van der Waals surface area contributed by atoms with E-state index in [-0.39, 0.29) is 16.4 Å². The maximum absolute atomic E-state index is 12.0. The van der Waals surface area contributed by atoms with Gasteiger partial charge in [-0.05, 0) is 42.1 Å². The second kappa shape index (κ2) is 5.86. The third kappa shape index (κ3) is 3.33. The molecule has 0 amide bonds. The topological polar surface area (TPSA) is 60.2 Å². The van der Waals surface area contributed by atoms with Gasteiger partial charge in [0.15, 0.2) is 0 Å². The molecule has 0 aliphatic carbocycles. The lowest BCUT2D eigenvalue weighted by Gasteiger charge is -2.02. The lowest BCUT2D eigenvalue weighted by atomic mass is 10.2. The normalized spacial score (nSPS) is 10.2. The molecule has 2 rings (SSSR count). The Kier molecular flexibility index (Phi) is 4.19. The maximum atomic E-state index is 12.0. The van der Waals surface area contributed by atoms with E-state index in [1.807, 2.05) is 0 Å². The lowest BCUT2D eigenvalue weighted by Crippen LogP contribution is -1.99. The fraction of sp³-hybridized carbons (Fsp3) is 0. The van der Waals surface area contributed by atoms with Crippen LogP contribution in [-0.4, -0.2) is 10.0 Å². The van der Waals surface area contributed by atoms with Crippen LogP contribution >= 0.6 is 23.4 Å². The molecule has 0 aliphatic rings. The predicted octanol–water partition coefficient (Wildman–Crippen LogP) is 4.18. The smallest absolute Gasteiger partial charge is 0.281 e. The second-order valence-corrected chi connectivity index (χ2v) is 5.10. The van der Waals surface area contributed by atoms with Crippen molar-refractivity contribution < 1.29 is 9.72 Å². The molecular weight excluding hydrogens is 286 g/mol. The van der Waals surface area contributed by atoms with Gasteiger partial charge < -0.3 is 0 Å². The van der Waals surface area contributed by atoms with Crippen molar-refractivity contribution in [3.05, 3.63) is 69.2 Å². The number of hydrogen-bond acceptors (Lipinski definition) is 4. The van der Waals surface area contributed by atoms with Crippen LogP contribution in [0.4, 0.5) is 5.69 Å². The van der Waals surface area contributed by atoms with Crippen LogP contribution in [0.1, 0.15) is 10.4 Å². The first-order chi connectivity index (χ1) is 9.08. The minimum absolute atomic E-state index is 0.0902. The molecule has 19 heavy (non-hydrogen) atoms. The summed E-state index contributed by atoms with van der Waals surface area (Å²) in [6.07, 6.45) is 0. The van der Waals surface area contributed by atoms with E-state index in [4.69, 9.17) is 11.6 Å². The number of nitro benzene ring substituents is 1. The Morgan fingerprint density at radius 1 is 1.11 bits per heavy atom. The number of thioether (sulfide) groups is 1. The molecule has 0 aliphatic heterocycles. The van der Waals surface area contributed by atoms with Crippen molar-refractivity contribution in [2.75, 3.05) is 0 Å². The number of carbonyl (C=O) groups excluding carboxylic acids is 1. The average molecular weight is 294 g/mol. The number of benzene rings is 2. The Hall–Kier alpha value is -1.85. The number of nitrogens with zero attached hydrogens (tertiary/aromatic N) is 1. The molecule has 0 spiro atoms. The number of para-hydroxylation sites is 1. The maximum Gasteiger partial charge on any atom is 0.281 e. The Morgan fingerprint density at radius 3 is 2.37 bits per heavy atom. The molecule has 96 valence electrons. The molecule has 0 atom stereocenters. The number of rotatable bonds is 3. The van der Waals surface area contributed by atoms with Gasteiger partial charge >= 0.3 is 0 Å². The van der Waals surface area contributed by atoms with Crippen LogP contribution < -0.4 is 0 Å². The van der Waals surface area contributed by atoms with Crippen LogP contribution in [0.5, 0.6) is 0 Å². The van der Waals surface area contributed by atoms with Crippen molar-refractivity contribution in [2.24, 2.45) is 0 Å². The van der Waals surface area contributed by atoms with Gasteiger partial charge in [0.25, 0.3) is 5.69 Å². The van der Waals surface area contributed by atoms with Gasteiger partial charge in [0, 0.05) is 16.0 Å². The Morgan fingerprint density at radius 2 is 1.74 bits per heavy atom. The second-order valence-electron chi connectivity index (χ2n) is 3.62. The van der Waals surface area contributed by atoms with E-state index in [0.717, 1.165) is 11.8 Å². The van der Waals surface area contributed by atoms with Crippen LogP contribution in [0, 0.1) is 10.1 Å². The molecule has 0 saturated carbocycles. The fourth-order valence-corrected chi connectivity index (χ4v) is 2.36. The lowest BCUT2D eigenvalue weighted by molar-refractivity contribution is -0.385. The zero-order chi connectivity index (χ0) is 13.8. The van der Waals surface area contributed by atoms with Crippen LogP contribution in [-0.2, 0) is 0 Å². The van der Waals surface area contributed by atoms with Gasteiger partial charge in [0.2, 0.25) is 5.12 Å². The van der Waals surface area contributed by atoms with Crippen molar-refractivity contribution in [3.63, 3.8) is 0 Å². The molecular formula is C13H8ClNO3S. The van der Waals surface area contributed by atoms with Gasteiger partial charge in [0.1, 0.15) is 5.56 Å². The molecule has 6 heteroatoms. The van der Waals surface area contributed by atoms with Crippen molar-refractivity contribution >= 4 is 34.2 Å². The summed E-state index contributed by atoms with van der Waals surface area (Å²) in [7, 11) is 0. The van der Waals surface area contributed by atoms with Gasteiger partial charge in [-0.1, -0.05) is 23.7 Å². The summed E-state index contributed by atoms with van der Waals surface area (Å²) in [6, 6.07) is 12.6. The summed E-state index contributed by atoms with van der Waals surface area (Å²) in [5.74, 6) is 0. The average Bonchev–Trinajstić information content (AvgIpc) is 2.41. The van der Waals surface area contributed by atoms with Gasteiger partial charge in [0.05, 0.1) is 4.92 Å². The summed E-state index contributed by atoms with van der Waals surface area (Å²) in [5.41, 5.74) is -0.0959. The molecule has 0 radical (unpaired) electrons. The zero-order valence-corrected chi connectivity index (χ0v) is 11.1. The zero-order valence-electron chi connectivity index (χ0n) is 9.58. The molecule has 0 fully saturated rings. The third-order valence-electron chi connectivity index (χ3n) is 2.34. The number of carbonyl (C=O) groups is 1. The minimum atomic E-state index is -0.560. The summed E-state index contributed by atoms with van der Waals surface area (Å²) in [6.45, 7) is 0. The molecule has 0 bridgehead atoms. The van der Waals surface area contributed by atoms with E-state index in [1.165, 1.54) is 18.2 Å². The standard InChI is InChI=1S/C13H8ClNO3S/c14-9-5-7-10(8-6-9)19-13(16)11-3-1-2-4-12(11)15(17)18/h1-8H. The molecule has 2 aromatic rings. The predicted molar refractivity (Wildman–Crippen MR) is 74.7 cm³/mol. The quantitative estimate of drug-likeness (QED) is 0.484. The first-order valence-corrected chi connectivity index (χ1v) is 6.48. The fourth-order valence-electron chi connectivity index (χ4n) is 1.47.